The highest BCUT2D eigenvalue weighted by atomic mass is 16.6. The van der Waals surface area contributed by atoms with Crippen molar-refractivity contribution in [1.82, 2.24) is 5.48 Å². The number of carbonyl (C=O) groups is 1. The lowest BCUT2D eigenvalue weighted by atomic mass is 10.1. The summed E-state index contributed by atoms with van der Waals surface area (Å²) in [6, 6.07) is 0. The summed E-state index contributed by atoms with van der Waals surface area (Å²) < 4.78 is 5.16. The second-order valence-corrected chi connectivity index (χ2v) is 5.03. The Balaban J connectivity index is 3.30. The van der Waals surface area contributed by atoms with E-state index in [0.29, 0.717) is 6.61 Å². The second kappa shape index (κ2) is 15.1. The molecule has 0 bridgehead atoms. The fraction of sp³-hybridized carbons (Fsp3) is 0.929. The standard InChI is InChI=1S/C14H29NO7/c16-8-10-22-15-7-3-1-2-4-9-21-14(20)11-12(17)5-6-13(18)19/h12,14-17,20H,1-11H2,(H,18,19). The first kappa shape index (κ1) is 21.2. The summed E-state index contributed by atoms with van der Waals surface area (Å²) >= 11 is 0. The molecule has 5 N–H and O–H groups in total. The minimum Gasteiger partial charge on any atom is -0.481 e. The first-order chi connectivity index (χ1) is 10.6. The molecule has 0 aliphatic heterocycles. The lowest BCUT2D eigenvalue weighted by molar-refractivity contribution is -0.139. The average Bonchev–Trinajstić information content (AvgIpc) is 2.47. The Morgan fingerprint density at radius 3 is 2.50 bits per heavy atom. The van der Waals surface area contributed by atoms with E-state index in [9.17, 15) is 15.0 Å². The number of rotatable bonds is 16. The van der Waals surface area contributed by atoms with Gasteiger partial charge in [0.25, 0.3) is 0 Å². The molecule has 0 fully saturated rings. The van der Waals surface area contributed by atoms with Crippen LogP contribution < -0.4 is 5.48 Å². The normalized spacial score (nSPS) is 14.0. The van der Waals surface area contributed by atoms with E-state index in [1.54, 1.807) is 0 Å². The van der Waals surface area contributed by atoms with Crippen molar-refractivity contribution in [2.45, 2.75) is 57.3 Å². The number of aliphatic hydroxyl groups excluding tert-OH is 3. The van der Waals surface area contributed by atoms with Gasteiger partial charge in [0.2, 0.25) is 0 Å². The Morgan fingerprint density at radius 2 is 1.82 bits per heavy atom. The minimum atomic E-state index is -1.06. The molecule has 8 heteroatoms. The molecular weight excluding hydrogens is 294 g/mol. The van der Waals surface area contributed by atoms with Crippen LogP contribution in [0.2, 0.25) is 0 Å². The summed E-state index contributed by atoms with van der Waals surface area (Å²) in [5, 5.41) is 36.0. The van der Waals surface area contributed by atoms with E-state index < -0.39 is 18.4 Å². The van der Waals surface area contributed by atoms with Gasteiger partial charge in [0.15, 0.2) is 6.29 Å². The number of unbranched alkanes of at least 4 members (excludes halogenated alkanes) is 3. The quantitative estimate of drug-likeness (QED) is 0.153. The van der Waals surface area contributed by atoms with Crippen LogP contribution >= 0.6 is 0 Å². The largest absolute Gasteiger partial charge is 0.481 e. The zero-order valence-electron chi connectivity index (χ0n) is 12.9. The molecule has 0 saturated carbocycles. The van der Waals surface area contributed by atoms with Gasteiger partial charge in [-0.2, -0.15) is 0 Å². The average molecular weight is 323 g/mol. The number of aliphatic hydroxyl groups is 3. The molecule has 0 amide bonds. The van der Waals surface area contributed by atoms with Crippen LogP contribution in [-0.4, -0.2) is 65.2 Å². The van der Waals surface area contributed by atoms with Crippen molar-refractivity contribution in [2.75, 3.05) is 26.4 Å². The van der Waals surface area contributed by atoms with Gasteiger partial charge in [-0.15, -0.1) is 0 Å². The molecule has 0 aliphatic rings. The minimum absolute atomic E-state index is 0.00231. The molecule has 0 aliphatic carbocycles. The predicted molar refractivity (Wildman–Crippen MR) is 79.0 cm³/mol. The molecule has 0 radical (unpaired) electrons. The van der Waals surface area contributed by atoms with Crippen LogP contribution in [0.3, 0.4) is 0 Å². The molecule has 0 heterocycles. The van der Waals surface area contributed by atoms with Gasteiger partial charge < -0.3 is 25.2 Å². The summed E-state index contributed by atoms with van der Waals surface area (Å²) in [6.07, 6.45) is 1.80. The number of aliphatic carboxylic acids is 1. The van der Waals surface area contributed by atoms with E-state index in [-0.39, 0.29) is 32.5 Å². The van der Waals surface area contributed by atoms with Gasteiger partial charge in [-0.3, -0.25) is 9.63 Å². The summed E-state index contributed by atoms with van der Waals surface area (Å²) in [6.45, 7) is 1.40. The zero-order chi connectivity index (χ0) is 16.6. The molecule has 0 saturated heterocycles. The molecule has 132 valence electrons. The van der Waals surface area contributed by atoms with Gasteiger partial charge >= 0.3 is 5.97 Å². The lowest BCUT2D eigenvalue weighted by Crippen LogP contribution is -2.21. The van der Waals surface area contributed by atoms with Gasteiger partial charge in [0.05, 0.1) is 19.3 Å². The third-order valence-corrected chi connectivity index (χ3v) is 2.94. The smallest absolute Gasteiger partial charge is 0.303 e. The molecule has 2 atom stereocenters. The van der Waals surface area contributed by atoms with Crippen molar-refractivity contribution in [1.29, 1.82) is 0 Å². The monoisotopic (exact) mass is 323 g/mol. The van der Waals surface area contributed by atoms with E-state index in [2.05, 4.69) is 5.48 Å². The first-order valence-corrected chi connectivity index (χ1v) is 7.71. The van der Waals surface area contributed by atoms with Gasteiger partial charge in [0, 0.05) is 26.0 Å². The highest BCUT2D eigenvalue weighted by Gasteiger charge is 2.13. The number of ether oxygens (including phenoxy) is 1. The first-order valence-electron chi connectivity index (χ1n) is 7.71. The summed E-state index contributed by atoms with van der Waals surface area (Å²) in [4.78, 5) is 15.2. The lowest BCUT2D eigenvalue weighted by Gasteiger charge is -2.15. The zero-order valence-corrected chi connectivity index (χ0v) is 12.9. The van der Waals surface area contributed by atoms with Crippen molar-refractivity contribution in [2.24, 2.45) is 0 Å². The Morgan fingerprint density at radius 1 is 1.09 bits per heavy atom. The van der Waals surface area contributed by atoms with Crippen LogP contribution in [0.15, 0.2) is 0 Å². The van der Waals surface area contributed by atoms with Crippen molar-refractivity contribution in [3.63, 3.8) is 0 Å². The van der Waals surface area contributed by atoms with E-state index >= 15 is 0 Å². The Kier molecular flexibility index (Phi) is 14.6. The van der Waals surface area contributed by atoms with Crippen LogP contribution in [0.4, 0.5) is 0 Å². The Bertz CT molecular complexity index is 266. The Hall–Kier alpha value is -0.770. The van der Waals surface area contributed by atoms with Crippen molar-refractivity contribution in [3.8, 4) is 0 Å². The molecule has 8 nitrogen and oxygen atoms in total. The number of carboxylic acids is 1. The molecular formula is C14H29NO7. The predicted octanol–water partition coefficient (Wildman–Crippen LogP) is 0.0111. The van der Waals surface area contributed by atoms with Crippen LogP contribution in [-0.2, 0) is 14.4 Å². The maximum absolute atomic E-state index is 10.3. The number of nitrogens with one attached hydrogen (secondary N) is 1. The third kappa shape index (κ3) is 15.6. The molecule has 2 unspecified atom stereocenters. The van der Waals surface area contributed by atoms with Gasteiger partial charge in [-0.05, 0) is 19.3 Å². The van der Waals surface area contributed by atoms with Crippen LogP contribution in [0.5, 0.6) is 0 Å². The second-order valence-electron chi connectivity index (χ2n) is 5.03. The summed E-state index contributed by atoms with van der Waals surface area (Å²) in [5.41, 5.74) is 2.74. The van der Waals surface area contributed by atoms with Crippen molar-refractivity contribution < 1.29 is 34.8 Å². The number of hydroxylamine groups is 1. The summed E-state index contributed by atoms with van der Waals surface area (Å²) in [7, 11) is 0. The van der Waals surface area contributed by atoms with Gasteiger partial charge in [0.1, 0.15) is 0 Å². The van der Waals surface area contributed by atoms with Crippen LogP contribution in [0.25, 0.3) is 0 Å². The van der Waals surface area contributed by atoms with Crippen molar-refractivity contribution in [3.05, 3.63) is 0 Å². The maximum atomic E-state index is 10.3. The maximum Gasteiger partial charge on any atom is 0.303 e. The van der Waals surface area contributed by atoms with E-state index in [0.717, 1.165) is 32.2 Å². The molecule has 0 aromatic heterocycles. The molecule has 0 aromatic rings. The van der Waals surface area contributed by atoms with Crippen LogP contribution in [0.1, 0.15) is 44.9 Å². The number of hydrogen-bond acceptors (Lipinski definition) is 7. The fourth-order valence-electron chi connectivity index (χ4n) is 1.77. The molecule has 0 spiro atoms. The topological polar surface area (TPSA) is 128 Å². The SMILES string of the molecule is O=C(O)CCC(O)CC(O)OCCCCCCNOCCO. The van der Waals surface area contributed by atoms with Crippen molar-refractivity contribution >= 4 is 5.97 Å². The van der Waals surface area contributed by atoms with Gasteiger partial charge in [-0.25, -0.2) is 5.48 Å². The van der Waals surface area contributed by atoms with E-state index in [4.69, 9.17) is 19.8 Å². The molecule has 0 aromatic carbocycles. The van der Waals surface area contributed by atoms with E-state index in [1.807, 2.05) is 0 Å². The number of hydrogen-bond donors (Lipinski definition) is 5. The third-order valence-electron chi connectivity index (χ3n) is 2.94. The van der Waals surface area contributed by atoms with Gasteiger partial charge in [-0.1, -0.05) is 12.8 Å². The highest BCUT2D eigenvalue weighted by molar-refractivity contribution is 5.66. The Labute approximate surface area is 131 Å². The summed E-state index contributed by atoms with van der Waals surface area (Å²) in [5.74, 6) is -0.967. The number of carboxylic acid groups (broad SMARTS) is 1. The van der Waals surface area contributed by atoms with E-state index in [1.165, 1.54) is 0 Å². The highest BCUT2D eigenvalue weighted by Crippen LogP contribution is 2.08. The van der Waals surface area contributed by atoms with Crippen LogP contribution in [0, 0.1) is 0 Å². The fourth-order valence-corrected chi connectivity index (χ4v) is 1.77. The molecule has 0 rings (SSSR count). The molecule has 22 heavy (non-hydrogen) atoms.